The van der Waals surface area contributed by atoms with Crippen molar-refractivity contribution in [2.24, 2.45) is 5.92 Å². The Morgan fingerprint density at radius 1 is 1.30 bits per heavy atom. The molecule has 0 unspecified atom stereocenters. The van der Waals surface area contributed by atoms with Crippen LogP contribution in [0.15, 0.2) is 30.3 Å². The van der Waals surface area contributed by atoms with E-state index in [0.717, 1.165) is 18.4 Å². The van der Waals surface area contributed by atoms with Gasteiger partial charge in [-0.15, -0.1) is 11.8 Å². The van der Waals surface area contributed by atoms with Crippen LogP contribution in [0.4, 0.5) is 0 Å². The Morgan fingerprint density at radius 2 is 2.00 bits per heavy atom. The summed E-state index contributed by atoms with van der Waals surface area (Å²) in [5.74, 6) is 0.541. The Kier molecular flexibility index (Phi) is 6.51. The molecule has 126 valence electrons. The molecule has 1 aliphatic rings. The highest BCUT2D eigenvalue weighted by Crippen LogP contribution is 2.42. The third kappa shape index (κ3) is 4.28. The van der Waals surface area contributed by atoms with Crippen LogP contribution in [-0.2, 0) is 9.59 Å². The van der Waals surface area contributed by atoms with E-state index in [1.54, 1.807) is 16.7 Å². The van der Waals surface area contributed by atoms with Gasteiger partial charge < -0.3 is 10.2 Å². The molecule has 1 aromatic rings. The lowest BCUT2D eigenvalue weighted by molar-refractivity contribution is -0.142. The molecular weight excluding hydrogens is 308 g/mol. The Labute approximate surface area is 143 Å². The van der Waals surface area contributed by atoms with E-state index in [9.17, 15) is 9.59 Å². The molecule has 1 fully saturated rings. The first-order valence-electron chi connectivity index (χ1n) is 8.32. The molecule has 1 aromatic carbocycles. The molecule has 2 atom stereocenters. The SMILES string of the molecule is CCCCNC(=O)[C@H]1CS[C@@H](c2ccccc2)N1C(=O)C(C)C. The van der Waals surface area contributed by atoms with Crippen LogP contribution in [0.25, 0.3) is 0 Å². The van der Waals surface area contributed by atoms with Crippen molar-refractivity contribution in [1.82, 2.24) is 10.2 Å². The van der Waals surface area contributed by atoms with Gasteiger partial charge in [0, 0.05) is 18.2 Å². The molecule has 0 aliphatic carbocycles. The molecular formula is C18H26N2O2S. The van der Waals surface area contributed by atoms with Gasteiger partial charge in [-0.1, -0.05) is 57.5 Å². The minimum Gasteiger partial charge on any atom is -0.354 e. The maximum absolute atomic E-state index is 12.7. The van der Waals surface area contributed by atoms with Gasteiger partial charge in [-0.2, -0.15) is 0 Å². The van der Waals surface area contributed by atoms with E-state index in [4.69, 9.17) is 0 Å². The Bertz CT molecular complexity index is 533. The number of amides is 2. The van der Waals surface area contributed by atoms with E-state index in [1.165, 1.54) is 0 Å². The summed E-state index contributed by atoms with van der Waals surface area (Å²) < 4.78 is 0. The summed E-state index contributed by atoms with van der Waals surface area (Å²) in [7, 11) is 0. The fourth-order valence-electron chi connectivity index (χ4n) is 2.66. The first-order chi connectivity index (χ1) is 11.1. The van der Waals surface area contributed by atoms with Gasteiger partial charge in [0.25, 0.3) is 0 Å². The first kappa shape index (κ1) is 17.9. The number of hydrogen-bond acceptors (Lipinski definition) is 3. The topological polar surface area (TPSA) is 49.4 Å². The highest BCUT2D eigenvalue weighted by Gasteiger charge is 2.42. The summed E-state index contributed by atoms with van der Waals surface area (Å²) in [6.07, 6.45) is 2.01. The molecule has 0 spiro atoms. The van der Waals surface area contributed by atoms with Gasteiger partial charge >= 0.3 is 0 Å². The monoisotopic (exact) mass is 334 g/mol. The molecule has 2 rings (SSSR count). The highest BCUT2D eigenvalue weighted by molar-refractivity contribution is 7.99. The van der Waals surface area contributed by atoms with Crippen LogP contribution in [0.3, 0.4) is 0 Å². The number of nitrogens with one attached hydrogen (secondary N) is 1. The summed E-state index contributed by atoms with van der Waals surface area (Å²) in [5.41, 5.74) is 1.08. The number of carbonyl (C=O) groups excluding carboxylic acids is 2. The first-order valence-corrected chi connectivity index (χ1v) is 9.37. The summed E-state index contributed by atoms with van der Waals surface area (Å²) in [6.45, 7) is 6.55. The van der Waals surface area contributed by atoms with Gasteiger partial charge in [-0.25, -0.2) is 0 Å². The average molecular weight is 334 g/mol. The zero-order valence-corrected chi connectivity index (χ0v) is 14.9. The van der Waals surface area contributed by atoms with Gasteiger partial charge in [0.2, 0.25) is 11.8 Å². The quantitative estimate of drug-likeness (QED) is 0.813. The van der Waals surface area contributed by atoms with E-state index < -0.39 is 0 Å². The van der Waals surface area contributed by atoms with Crippen molar-refractivity contribution in [1.29, 1.82) is 0 Å². The van der Waals surface area contributed by atoms with Gasteiger partial charge in [0.15, 0.2) is 0 Å². The highest BCUT2D eigenvalue weighted by atomic mass is 32.2. The van der Waals surface area contributed by atoms with E-state index in [2.05, 4.69) is 12.2 Å². The lowest BCUT2D eigenvalue weighted by Gasteiger charge is -2.30. The minimum absolute atomic E-state index is 0.0293. The molecule has 0 aromatic heterocycles. The average Bonchev–Trinajstić information content (AvgIpc) is 2.99. The van der Waals surface area contributed by atoms with Crippen LogP contribution in [0.1, 0.15) is 44.6 Å². The van der Waals surface area contributed by atoms with Crippen LogP contribution in [-0.4, -0.2) is 35.1 Å². The fraction of sp³-hybridized carbons (Fsp3) is 0.556. The summed E-state index contributed by atoms with van der Waals surface area (Å²) in [6, 6.07) is 9.58. The second-order valence-corrected chi connectivity index (χ2v) is 7.27. The van der Waals surface area contributed by atoms with Crippen molar-refractivity contribution in [3.63, 3.8) is 0 Å². The number of carbonyl (C=O) groups is 2. The third-order valence-corrected chi connectivity index (χ3v) is 5.29. The summed E-state index contributed by atoms with van der Waals surface area (Å²) in [5, 5.41) is 2.90. The molecule has 2 amide bonds. The largest absolute Gasteiger partial charge is 0.354 e. The maximum Gasteiger partial charge on any atom is 0.243 e. The number of thioether (sulfide) groups is 1. The zero-order valence-electron chi connectivity index (χ0n) is 14.1. The molecule has 0 saturated carbocycles. The van der Waals surface area contributed by atoms with Crippen molar-refractivity contribution < 1.29 is 9.59 Å². The normalized spacial score (nSPS) is 20.8. The molecule has 23 heavy (non-hydrogen) atoms. The van der Waals surface area contributed by atoms with Crippen molar-refractivity contribution in [2.75, 3.05) is 12.3 Å². The van der Waals surface area contributed by atoms with Crippen molar-refractivity contribution in [2.45, 2.75) is 45.0 Å². The van der Waals surface area contributed by atoms with Gasteiger partial charge in [-0.05, 0) is 12.0 Å². The fourth-order valence-corrected chi connectivity index (χ4v) is 4.09. The molecule has 5 heteroatoms. The van der Waals surface area contributed by atoms with E-state index in [1.807, 2.05) is 44.2 Å². The van der Waals surface area contributed by atoms with Crippen molar-refractivity contribution in [3.8, 4) is 0 Å². The molecule has 1 N–H and O–H groups in total. The van der Waals surface area contributed by atoms with E-state index in [0.29, 0.717) is 12.3 Å². The van der Waals surface area contributed by atoms with Crippen LogP contribution < -0.4 is 5.32 Å². The number of nitrogens with zero attached hydrogens (tertiary/aromatic N) is 1. The lowest BCUT2D eigenvalue weighted by atomic mass is 10.1. The number of unbranched alkanes of at least 4 members (excludes halogenated alkanes) is 1. The Hall–Kier alpha value is -1.49. The third-order valence-electron chi connectivity index (χ3n) is 3.97. The molecule has 0 radical (unpaired) electrons. The Balaban J connectivity index is 2.19. The minimum atomic E-state index is -0.378. The number of benzene rings is 1. The standard InChI is InChI=1S/C18H26N2O2S/c1-4-5-11-19-16(21)15-12-23-18(14-9-7-6-8-10-14)20(15)17(22)13(2)3/h6-10,13,15,18H,4-5,11-12H2,1-3H3,(H,19,21)/t15-,18+/m1/s1. The number of rotatable bonds is 6. The summed E-state index contributed by atoms with van der Waals surface area (Å²) in [4.78, 5) is 27.0. The van der Waals surface area contributed by atoms with Crippen LogP contribution >= 0.6 is 11.8 Å². The van der Waals surface area contributed by atoms with Gasteiger partial charge in [0.05, 0.1) is 0 Å². The smallest absolute Gasteiger partial charge is 0.243 e. The predicted molar refractivity (Wildman–Crippen MR) is 95.0 cm³/mol. The molecule has 4 nitrogen and oxygen atoms in total. The molecule has 1 heterocycles. The molecule has 1 saturated heterocycles. The summed E-state index contributed by atoms with van der Waals surface area (Å²) >= 11 is 1.67. The van der Waals surface area contributed by atoms with Gasteiger partial charge in [-0.3, -0.25) is 9.59 Å². The second kappa shape index (κ2) is 8.39. The number of hydrogen-bond donors (Lipinski definition) is 1. The molecule has 1 aliphatic heterocycles. The van der Waals surface area contributed by atoms with Crippen LogP contribution in [0.2, 0.25) is 0 Å². The second-order valence-electron chi connectivity index (χ2n) is 6.16. The molecule has 0 bridgehead atoms. The van der Waals surface area contributed by atoms with Crippen LogP contribution in [0, 0.1) is 5.92 Å². The predicted octanol–water partition coefficient (Wildman–Crippen LogP) is 3.20. The zero-order chi connectivity index (χ0) is 16.8. The van der Waals surface area contributed by atoms with Gasteiger partial charge in [0.1, 0.15) is 11.4 Å². The van der Waals surface area contributed by atoms with Crippen LogP contribution in [0.5, 0.6) is 0 Å². The van der Waals surface area contributed by atoms with Crippen molar-refractivity contribution >= 4 is 23.6 Å². The van der Waals surface area contributed by atoms with E-state index in [-0.39, 0.29) is 29.1 Å². The maximum atomic E-state index is 12.7. The van der Waals surface area contributed by atoms with E-state index >= 15 is 0 Å². The Morgan fingerprint density at radius 3 is 2.61 bits per heavy atom. The lowest BCUT2D eigenvalue weighted by Crippen LogP contribution is -2.49. The van der Waals surface area contributed by atoms with Crippen molar-refractivity contribution in [3.05, 3.63) is 35.9 Å².